The zero-order valence-corrected chi connectivity index (χ0v) is 11.1. The average molecular weight is 253 g/mol. The standard InChI is InChI=1S/C12H19N3O3/c1-7-5-8(2)15(14-7)6-11(16)13-10(4)9(3)12(17)18/h5,9-10H,6H2,1-4H3,(H,13,16)(H,17,18). The van der Waals surface area contributed by atoms with Crippen LogP contribution in [-0.4, -0.2) is 32.8 Å². The number of nitrogens with one attached hydrogen (secondary N) is 1. The molecule has 1 amide bonds. The molecule has 0 aliphatic rings. The zero-order valence-electron chi connectivity index (χ0n) is 11.1. The number of aliphatic carboxylic acids is 1. The number of aromatic nitrogens is 2. The third-order valence-electron chi connectivity index (χ3n) is 2.92. The lowest BCUT2D eigenvalue weighted by molar-refractivity contribution is -0.142. The Hall–Kier alpha value is -1.85. The second kappa shape index (κ2) is 5.66. The molecular formula is C12H19N3O3. The lowest BCUT2D eigenvalue weighted by Crippen LogP contribution is -2.41. The molecule has 2 atom stereocenters. The Balaban J connectivity index is 2.57. The quantitative estimate of drug-likeness (QED) is 0.810. The summed E-state index contributed by atoms with van der Waals surface area (Å²) in [6.07, 6.45) is 0. The van der Waals surface area contributed by atoms with E-state index in [2.05, 4.69) is 10.4 Å². The molecule has 0 saturated heterocycles. The lowest BCUT2D eigenvalue weighted by atomic mass is 10.0. The zero-order chi connectivity index (χ0) is 13.9. The molecular weight excluding hydrogens is 234 g/mol. The van der Waals surface area contributed by atoms with Crippen molar-refractivity contribution in [2.45, 2.75) is 40.3 Å². The van der Waals surface area contributed by atoms with Crippen molar-refractivity contribution in [3.63, 3.8) is 0 Å². The van der Waals surface area contributed by atoms with Gasteiger partial charge in [0.05, 0.1) is 11.6 Å². The fourth-order valence-electron chi connectivity index (χ4n) is 1.61. The molecule has 0 fully saturated rings. The van der Waals surface area contributed by atoms with Crippen molar-refractivity contribution < 1.29 is 14.7 Å². The van der Waals surface area contributed by atoms with E-state index in [-0.39, 0.29) is 12.5 Å². The summed E-state index contributed by atoms with van der Waals surface area (Å²) in [5.41, 5.74) is 1.76. The highest BCUT2D eigenvalue weighted by molar-refractivity contribution is 5.77. The molecule has 100 valence electrons. The van der Waals surface area contributed by atoms with E-state index in [1.165, 1.54) is 0 Å². The van der Waals surface area contributed by atoms with E-state index in [0.29, 0.717) is 0 Å². The third-order valence-corrected chi connectivity index (χ3v) is 2.92. The van der Waals surface area contributed by atoms with Crippen molar-refractivity contribution in [1.29, 1.82) is 0 Å². The van der Waals surface area contributed by atoms with Gasteiger partial charge in [-0.15, -0.1) is 0 Å². The minimum atomic E-state index is -0.922. The Morgan fingerprint density at radius 1 is 1.44 bits per heavy atom. The van der Waals surface area contributed by atoms with Crippen molar-refractivity contribution in [2.24, 2.45) is 5.92 Å². The summed E-state index contributed by atoms with van der Waals surface area (Å²) >= 11 is 0. The maximum Gasteiger partial charge on any atom is 0.308 e. The van der Waals surface area contributed by atoms with E-state index in [1.54, 1.807) is 18.5 Å². The maximum atomic E-state index is 11.7. The highest BCUT2D eigenvalue weighted by atomic mass is 16.4. The first-order chi connectivity index (χ1) is 8.31. The molecule has 6 nitrogen and oxygen atoms in total. The molecule has 1 aromatic heterocycles. The van der Waals surface area contributed by atoms with Crippen LogP contribution in [0.25, 0.3) is 0 Å². The largest absolute Gasteiger partial charge is 0.481 e. The Morgan fingerprint density at radius 3 is 2.50 bits per heavy atom. The number of hydrogen-bond donors (Lipinski definition) is 2. The second-order valence-electron chi connectivity index (χ2n) is 4.57. The van der Waals surface area contributed by atoms with Crippen molar-refractivity contribution in [3.05, 3.63) is 17.5 Å². The highest BCUT2D eigenvalue weighted by Crippen LogP contribution is 2.04. The van der Waals surface area contributed by atoms with Crippen LogP contribution >= 0.6 is 0 Å². The van der Waals surface area contributed by atoms with Crippen LogP contribution in [0.4, 0.5) is 0 Å². The first-order valence-electron chi connectivity index (χ1n) is 5.84. The molecule has 0 aromatic carbocycles. The molecule has 1 heterocycles. The molecule has 0 aliphatic heterocycles. The van der Waals surface area contributed by atoms with E-state index in [1.807, 2.05) is 19.9 Å². The van der Waals surface area contributed by atoms with E-state index >= 15 is 0 Å². The van der Waals surface area contributed by atoms with Crippen LogP contribution in [0, 0.1) is 19.8 Å². The average Bonchev–Trinajstić information content (AvgIpc) is 2.55. The van der Waals surface area contributed by atoms with Gasteiger partial charge in [-0.05, 0) is 33.8 Å². The molecule has 0 saturated carbocycles. The number of aryl methyl sites for hydroxylation is 2. The molecule has 2 N–H and O–H groups in total. The first-order valence-corrected chi connectivity index (χ1v) is 5.84. The van der Waals surface area contributed by atoms with Gasteiger partial charge in [0.2, 0.25) is 5.91 Å². The summed E-state index contributed by atoms with van der Waals surface area (Å²) in [6, 6.07) is 1.48. The van der Waals surface area contributed by atoms with Crippen LogP contribution in [0.15, 0.2) is 6.07 Å². The number of carbonyl (C=O) groups is 2. The molecule has 0 aliphatic carbocycles. The third kappa shape index (κ3) is 3.58. The SMILES string of the molecule is Cc1cc(C)n(CC(=O)NC(C)C(C)C(=O)O)n1. The minimum Gasteiger partial charge on any atom is -0.481 e. The number of rotatable bonds is 5. The van der Waals surface area contributed by atoms with Gasteiger partial charge in [0, 0.05) is 11.7 Å². The van der Waals surface area contributed by atoms with Gasteiger partial charge in [-0.3, -0.25) is 14.3 Å². The first kappa shape index (κ1) is 14.2. The predicted octanol–water partition coefficient (Wildman–Crippen LogP) is 0.725. The van der Waals surface area contributed by atoms with Crippen LogP contribution in [0.2, 0.25) is 0 Å². The normalized spacial score (nSPS) is 14.0. The summed E-state index contributed by atoms with van der Waals surface area (Å²) in [5, 5.41) is 15.7. The Kier molecular flexibility index (Phi) is 4.47. The van der Waals surface area contributed by atoms with E-state index in [4.69, 9.17) is 5.11 Å². The van der Waals surface area contributed by atoms with Gasteiger partial charge in [0.25, 0.3) is 0 Å². The van der Waals surface area contributed by atoms with E-state index < -0.39 is 17.9 Å². The van der Waals surface area contributed by atoms with E-state index in [0.717, 1.165) is 11.4 Å². The summed E-state index contributed by atoms with van der Waals surface area (Å²) in [5.74, 6) is -1.77. The molecule has 1 rings (SSSR count). The van der Waals surface area contributed by atoms with Crippen molar-refractivity contribution in [2.75, 3.05) is 0 Å². The van der Waals surface area contributed by atoms with Gasteiger partial charge in [-0.2, -0.15) is 5.10 Å². The number of carbonyl (C=O) groups excluding carboxylic acids is 1. The molecule has 1 aromatic rings. The molecule has 0 bridgehead atoms. The van der Waals surface area contributed by atoms with Gasteiger partial charge in [-0.1, -0.05) is 0 Å². The summed E-state index contributed by atoms with van der Waals surface area (Å²) in [4.78, 5) is 22.5. The number of nitrogens with zero attached hydrogens (tertiary/aromatic N) is 2. The molecule has 6 heteroatoms. The summed E-state index contributed by atoms with van der Waals surface area (Å²) < 4.78 is 1.60. The number of hydrogen-bond acceptors (Lipinski definition) is 3. The minimum absolute atomic E-state index is 0.107. The fraction of sp³-hybridized carbons (Fsp3) is 0.583. The molecule has 0 spiro atoms. The molecule has 0 radical (unpaired) electrons. The maximum absolute atomic E-state index is 11.7. The fourth-order valence-corrected chi connectivity index (χ4v) is 1.61. The number of carboxylic acids is 1. The monoisotopic (exact) mass is 253 g/mol. The van der Waals surface area contributed by atoms with Crippen molar-refractivity contribution in [1.82, 2.24) is 15.1 Å². The van der Waals surface area contributed by atoms with Crippen LogP contribution in [0.3, 0.4) is 0 Å². The lowest BCUT2D eigenvalue weighted by Gasteiger charge is -2.17. The van der Waals surface area contributed by atoms with Crippen LogP contribution in [0.5, 0.6) is 0 Å². The van der Waals surface area contributed by atoms with Crippen LogP contribution in [-0.2, 0) is 16.1 Å². The summed E-state index contributed by atoms with van der Waals surface area (Å²) in [6.45, 7) is 7.08. The highest BCUT2D eigenvalue weighted by Gasteiger charge is 2.21. The van der Waals surface area contributed by atoms with Crippen molar-refractivity contribution >= 4 is 11.9 Å². The summed E-state index contributed by atoms with van der Waals surface area (Å²) in [7, 11) is 0. The predicted molar refractivity (Wildman–Crippen MR) is 66.1 cm³/mol. The molecule has 2 unspecified atom stereocenters. The topological polar surface area (TPSA) is 84.2 Å². The Morgan fingerprint density at radius 2 is 2.06 bits per heavy atom. The van der Waals surface area contributed by atoms with Gasteiger partial charge >= 0.3 is 5.97 Å². The second-order valence-corrected chi connectivity index (χ2v) is 4.57. The smallest absolute Gasteiger partial charge is 0.308 e. The van der Waals surface area contributed by atoms with Gasteiger partial charge in [-0.25, -0.2) is 0 Å². The van der Waals surface area contributed by atoms with Crippen molar-refractivity contribution in [3.8, 4) is 0 Å². The van der Waals surface area contributed by atoms with Crippen LogP contribution in [0.1, 0.15) is 25.2 Å². The Bertz CT molecular complexity index is 453. The van der Waals surface area contributed by atoms with E-state index in [9.17, 15) is 9.59 Å². The van der Waals surface area contributed by atoms with Crippen LogP contribution < -0.4 is 5.32 Å². The Labute approximate surface area is 106 Å². The van der Waals surface area contributed by atoms with Gasteiger partial charge in [0.15, 0.2) is 0 Å². The van der Waals surface area contributed by atoms with Gasteiger partial charge in [0.1, 0.15) is 6.54 Å². The molecule has 18 heavy (non-hydrogen) atoms. The number of amides is 1. The van der Waals surface area contributed by atoms with Gasteiger partial charge < -0.3 is 10.4 Å². The number of carboxylic acid groups (broad SMARTS) is 1.